The maximum Gasteiger partial charge on any atom is 0.168 e. The lowest BCUT2D eigenvalue weighted by atomic mass is 10.4. The summed E-state index contributed by atoms with van der Waals surface area (Å²) in [7, 11) is 1.27. The minimum atomic E-state index is -1.56. The Kier molecular flexibility index (Phi) is 3.15. The van der Waals surface area contributed by atoms with Gasteiger partial charge in [-0.25, -0.2) is 8.78 Å². The van der Waals surface area contributed by atoms with Crippen molar-refractivity contribution < 1.29 is 13.5 Å². The zero-order valence-corrected chi connectivity index (χ0v) is 4.82. The van der Waals surface area contributed by atoms with Crippen LogP contribution in [0.5, 0.6) is 0 Å². The van der Waals surface area contributed by atoms with Crippen LogP contribution in [0.1, 0.15) is 6.92 Å². The molecule has 0 aromatic rings. The van der Waals surface area contributed by atoms with E-state index in [1.54, 1.807) is 0 Å². The first kappa shape index (κ1) is 7.40. The van der Waals surface area contributed by atoms with Crippen molar-refractivity contribution in [3.8, 4) is 0 Å². The molecule has 0 fully saturated rings. The van der Waals surface area contributed by atoms with Crippen LogP contribution in [0.4, 0.5) is 8.78 Å². The third-order valence-electron chi connectivity index (χ3n) is 0.610. The summed E-state index contributed by atoms with van der Waals surface area (Å²) in [6, 6.07) is 0. The highest BCUT2D eigenvalue weighted by Gasteiger charge is 2.03. The molecule has 3 heteroatoms. The van der Waals surface area contributed by atoms with Crippen molar-refractivity contribution >= 4 is 0 Å². The Balaban J connectivity index is 3.61. The van der Waals surface area contributed by atoms with Crippen molar-refractivity contribution in [1.82, 2.24) is 0 Å². The highest BCUT2D eigenvalue weighted by Crippen LogP contribution is 2.05. The smallest absolute Gasteiger partial charge is 0.168 e. The Morgan fingerprint density at radius 3 is 2.38 bits per heavy atom. The van der Waals surface area contributed by atoms with E-state index < -0.39 is 12.0 Å². The van der Waals surface area contributed by atoms with E-state index in [2.05, 4.69) is 4.74 Å². The lowest BCUT2D eigenvalue weighted by Gasteiger charge is -1.94. The summed E-state index contributed by atoms with van der Waals surface area (Å²) in [5.74, 6) is -0.882. The van der Waals surface area contributed by atoms with Crippen LogP contribution in [-0.2, 0) is 4.74 Å². The third kappa shape index (κ3) is 2.55. The average molecular weight is 122 g/mol. The minimum Gasteiger partial charge on any atom is -0.502 e. The monoisotopic (exact) mass is 122 g/mol. The van der Waals surface area contributed by atoms with Crippen LogP contribution in [0.2, 0.25) is 0 Å². The number of alkyl halides is 1. The highest BCUT2D eigenvalue weighted by molar-refractivity contribution is 4.91. The van der Waals surface area contributed by atoms with E-state index in [1.165, 1.54) is 7.11 Å². The van der Waals surface area contributed by atoms with Gasteiger partial charge in [-0.05, 0) is 6.92 Å². The quantitative estimate of drug-likeness (QED) is 0.507. The molecular weight excluding hydrogens is 114 g/mol. The Morgan fingerprint density at radius 1 is 1.75 bits per heavy atom. The van der Waals surface area contributed by atoms with Gasteiger partial charge in [0.25, 0.3) is 0 Å². The van der Waals surface area contributed by atoms with Crippen molar-refractivity contribution in [2.75, 3.05) is 7.11 Å². The van der Waals surface area contributed by atoms with E-state index in [0.29, 0.717) is 0 Å². The molecule has 0 spiro atoms. The summed E-state index contributed by atoms with van der Waals surface area (Å²) in [5, 5.41) is 0. The van der Waals surface area contributed by atoms with E-state index >= 15 is 0 Å². The summed E-state index contributed by atoms with van der Waals surface area (Å²) in [6.45, 7) is 1.10. The Hall–Kier alpha value is -0.600. The molecule has 0 amide bonds. The van der Waals surface area contributed by atoms with Crippen LogP contribution in [0.3, 0.4) is 0 Å². The highest BCUT2D eigenvalue weighted by atomic mass is 19.2. The maximum atomic E-state index is 11.9. The Bertz CT molecular complexity index is 88.4. The number of hydrogen-bond donors (Lipinski definition) is 0. The van der Waals surface area contributed by atoms with Crippen LogP contribution in [0, 0.1) is 0 Å². The fourth-order valence-electron chi connectivity index (χ4n) is 0.206. The topological polar surface area (TPSA) is 9.23 Å². The molecule has 8 heavy (non-hydrogen) atoms. The van der Waals surface area contributed by atoms with Gasteiger partial charge in [-0.1, -0.05) is 0 Å². The molecule has 0 aromatic heterocycles. The molecule has 0 aromatic carbocycles. The van der Waals surface area contributed by atoms with Crippen molar-refractivity contribution in [2.45, 2.75) is 13.1 Å². The second-order valence-electron chi connectivity index (χ2n) is 1.35. The van der Waals surface area contributed by atoms with Crippen LogP contribution in [0.25, 0.3) is 0 Å². The first-order valence-corrected chi connectivity index (χ1v) is 2.21. The van der Waals surface area contributed by atoms with Gasteiger partial charge in [0.2, 0.25) is 0 Å². The van der Waals surface area contributed by atoms with Crippen molar-refractivity contribution in [1.29, 1.82) is 0 Å². The summed E-state index contributed by atoms with van der Waals surface area (Å²) in [5.41, 5.74) is 0. The molecule has 0 heterocycles. The Labute approximate surface area is 47.0 Å². The van der Waals surface area contributed by atoms with Gasteiger partial charge in [-0.3, -0.25) is 0 Å². The first-order chi connectivity index (χ1) is 3.68. The summed E-state index contributed by atoms with van der Waals surface area (Å²) < 4.78 is 27.8. The summed E-state index contributed by atoms with van der Waals surface area (Å²) in [6.07, 6.45) is -0.819. The van der Waals surface area contributed by atoms with Crippen LogP contribution in [0.15, 0.2) is 12.1 Å². The first-order valence-electron chi connectivity index (χ1n) is 2.21. The zero-order chi connectivity index (χ0) is 6.57. The normalized spacial score (nSPS) is 15.8. The van der Waals surface area contributed by atoms with Crippen LogP contribution >= 0.6 is 0 Å². The van der Waals surface area contributed by atoms with Crippen molar-refractivity contribution in [2.24, 2.45) is 0 Å². The molecule has 0 aliphatic carbocycles. The fraction of sp³-hybridized carbons (Fsp3) is 0.600. The van der Waals surface area contributed by atoms with Gasteiger partial charge in [-0.15, -0.1) is 0 Å². The molecule has 0 saturated carbocycles. The number of ether oxygens (including phenoxy) is 1. The molecule has 0 aliphatic rings. The van der Waals surface area contributed by atoms with E-state index in [-0.39, 0.29) is 0 Å². The second-order valence-corrected chi connectivity index (χ2v) is 1.35. The van der Waals surface area contributed by atoms with Gasteiger partial charge < -0.3 is 4.74 Å². The van der Waals surface area contributed by atoms with E-state index in [0.717, 1.165) is 13.2 Å². The molecule has 0 rings (SSSR count). The van der Waals surface area contributed by atoms with Gasteiger partial charge in [0.1, 0.15) is 6.26 Å². The van der Waals surface area contributed by atoms with Crippen LogP contribution in [-0.4, -0.2) is 13.3 Å². The van der Waals surface area contributed by atoms with E-state index in [9.17, 15) is 8.78 Å². The standard InChI is InChI=1S/C5H8F2O/c1-4(6)5(7)3-8-2/h3-4H,1-2H3/b5-3-. The van der Waals surface area contributed by atoms with Crippen LogP contribution < -0.4 is 0 Å². The molecule has 0 aliphatic heterocycles. The molecule has 0 bridgehead atoms. The van der Waals surface area contributed by atoms with E-state index in [4.69, 9.17) is 0 Å². The molecule has 0 N–H and O–H groups in total. The Morgan fingerprint density at radius 2 is 2.25 bits per heavy atom. The van der Waals surface area contributed by atoms with Crippen molar-refractivity contribution in [3.63, 3.8) is 0 Å². The molecule has 1 unspecified atom stereocenters. The second kappa shape index (κ2) is 3.41. The number of rotatable bonds is 2. The number of allylic oxidation sites excluding steroid dienone is 1. The maximum absolute atomic E-state index is 11.9. The lowest BCUT2D eigenvalue weighted by Crippen LogP contribution is -1.92. The zero-order valence-electron chi connectivity index (χ0n) is 4.82. The minimum absolute atomic E-state index is 0.741. The number of hydrogen-bond acceptors (Lipinski definition) is 1. The summed E-state index contributed by atoms with van der Waals surface area (Å²) in [4.78, 5) is 0. The van der Waals surface area contributed by atoms with Gasteiger partial charge >= 0.3 is 0 Å². The molecule has 48 valence electrons. The lowest BCUT2D eigenvalue weighted by molar-refractivity contribution is 0.286. The SMILES string of the molecule is CO/C=C(\F)C(C)F. The average Bonchev–Trinajstić information content (AvgIpc) is 1.67. The largest absolute Gasteiger partial charge is 0.502 e. The fourth-order valence-corrected chi connectivity index (χ4v) is 0.206. The molecule has 1 atom stereocenters. The van der Waals surface area contributed by atoms with Gasteiger partial charge in [0, 0.05) is 0 Å². The molecule has 0 radical (unpaired) electrons. The third-order valence-corrected chi connectivity index (χ3v) is 0.610. The van der Waals surface area contributed by atoms with E-state index in [1.807, 2.05) is 0 Å². The molecule has 0 saturated heterocycles. The predicted molar refractivity (Wildman–Crippen MR) is 26.8 cm³/mol. The number of halogens is 2. The van der Waals surface area contributed by atoms with Crippen molar-refractivity contribution in [3.05, 3.63) is 12.1 Å². The number of methoxy groups -OCH3 is 1. The summed E-state index contributed by atoms with van der Waals surface area (Å²) >= 11 is 0. The molecular formula is C5H8F2O. The van der Waals surface area contributed by atoms with Gasteiger partial charge in [0.05, 0.1) is 7.11 Å². The van der Waals surface area contributed by atoms with Gasteiger partial charge in [0.15, 0.2) is 12.0 Å². The molecule has 1 nitrogen and oxygen atoms in total. The van der Waals surface area contributed by atoms with Gasteiger partial charge in [-0.2, -0.15) is 0 Å². The predicted octanol–water partition coefficient (Wildman–Crippen LogP) is 1.80.